The molecule has 0 aliphatic rings. The fourth-order valence-electron chi connectivity index (χ4n) is 3.35. The van der Waals surface area contributed by atoms with Gasteiger partial charge in [-0.25, -0.2) is 4.39 Å². The smallest absolute Gasteiger partial charge is 0.206 e. The molecule has 0 radical (unpaired) electrons. The lowest BCUT2D eigenvalue weighted by molar-refractivity contribution is -0.147. The van der Waals surface area contributed by atoms with Crippen LogP contribution in [0.15, 0.2) is 18.2 Å². The molecule has 0 heterocycles. The number of hydrogen-bond donors (Lipinski definition) is 0. The summed E-state index contributed by atoms with van der Waals surface area (Å²) < 4.78 is 179. The maximum absolute atomic E-state index is 15.0. The molecule has 0 saturated carbocycles. The molecule has 2 rings (SSSR count). The molecule has 39 heavy (non-hydrogen) atoms. The lowest BCUT2D eigenvalue weighted by atomic mass is 9.90. The van der Waals surface area contributed by atoms with Crippen molar-refractivity contribution >= 4 is 11.1 Å². The molecule has 0 amide bonds. The number of alkyl halides is 12. The minimum atomic E-state index is -6.21. The van der Waals surface area contributed by atoms with Crippen LogP contribution in [-0.4, -0.2) is 0 Å². The second-order valence-electron chi connectivity index (χ2n) is 7.17. The summed E-state index contributed by atoms with van der Waals surface area (Å²) in [5.41, 5.74) is -18.2. The van der Waals surface area contributed by atoms with Crippen LogP contribution in [0.2, 0.25) is 0 Å². The Kier molecular flexibility index (Phi) is 7.68. The summed E-state index contributed by atoms with van der Waals surface area (Å²) in [6, 6.07) is 1.49. The first-order valence-electron chi connectivity index (χ1n) is 9.33. The van der Waals surface area contributed by atoms with Crippen molar-refractivity contribution in [3.8, 4) is 24.3 Å². The molecule has 0 N–H and O–H groups in total. The Morgan fingerprint density at radius 1 is 0.590 bits per heavy atom. The van der Waals surface area contributed by atoms with Gasteiger partial charge < -0.3 is 0 Å². The van der Waals surface area contributed by atoms with E-state index < -0.39 is 104 Å². The molecule has 0 saturated heterocycles. The monoisotopic (exact) mass is 570 g/mol. The fraction of sp³-hybridized carbons (Fsp3) is 0.182. The van der Waals surface area contributed by atoms with Gasteiger partial charge in [0.1, 0.15) is 41.2 Å². The molecular weight excluding hydrogens is 567 g/mol. The van der Waals surface area contributed by atoms with Gasteiger partial charge in [-0.05, 0) is 23.8 Å². The summed E-state index contributed by atoms with van der Waals surface area (Å²) in [4.78, 5) is 0. The summed E-state index contributed by atoms with van der Waals surface area (Å²) >= 11 is 0. The molecular formula is C22H3F13N4. The number of rotatable bonds is 1. The van der Waals surface area contributed by atoms with Gasteiger partial charge in [0.05, 0.1) is 27.8 Å². The van der Waals surface area contributed by atoms with Gasteiger partial charge in [-0.1, -0.05) is 0 Å². The van der Waals surface area contributed by atoms with E-state index in [1.54, 1.807) is 0 Å². The molecule has 0 aromatic heterocycles. The van der Waals surface area contributed by atoms with Crippen molar-refractivity contribution in [3.05, 3.63) is 67.8 Å². The van der Waals surface area contributed by atoms with Crippen molar-refractivity contribution in [2.45, 2.75) is 24.7 Å². The highest BCUT2D eigenvalue weighted by Crippen LogP contribution is 2.41. The number of halogens is 13. The SMILES string of the molecule is N#CC(C#N)=c1cc(C(F)(F)F)/c(=C(\C#N)c2cc(C(F)(F)F)c(C#N)c(C(F)(F)F)c2)c(C(F)(F)F)c1F. The molecule has 2 aromatic rings. The number of benzene rings is 2. The average molecular weight is 570 g/mol. The van der Waals surface area contributed by atoms with E-state index >= 15 is 0 Å². The van der Waals surface area contributed by atoms with Crippen LogP contribution in [0.25, 0.3) is 11.1 Å². The predicted molar refractivity (Wildman–Crippen MR) is 99.6 cm³/mol. The van der Waals surface area contributed by atoms with Crippen LogP contribution >= 0.6 is 0 Å². The Labute approximate surface area is 206 Å². The van der Waals surface area contributed by atoms with Crippen molar-refractivity contribution < 1.29 is 57.1 Å². The predicted octanol–water partition coefficient (Wildman–Crippen LogP) is 5.69. The van der Waals surface area contributed by atoms with Crippen LogP contribution in [0.3, 0.4) is 0 Å². The van der Waals surface area contributed by atoms with E-state index in [2.05, 4.69) is 0 Å². The summed E-state index contributed by atoms with van der Waals surface area (Å²) in [5, 5.41) is 31.6. The van der Waals surface area contributed by atoms with E-state index in [4.69, 9.17) is 15.8 Å². The molecule has 0 aliphatic carbocycles. The Morgan fingerprint density at radius 2 is 1.03 bits per heavy atom. The standard InChI is InChI=1S/C22H3F13N4/c23-18-10(9(4-36)5-37)3-15(21(30,31)32)16(17(18)22(33,34)35)11(6-38)8-1-13(19(24,25)26)12(7-39)14(2-8)20(27,28)29/h1-3H/b16-11-. The van der Waals surface area contributed by atoms with Gasteiger partial charge in [0.25, 0.3) is 0 Å². The summed E-state index contributed by atoms with van der Waals surface area (Å²) in [7, 11) is 0. The van der Waals surface area contributed by atoms with Crippen LogP contribution in [0.4, 0.5) is 57.1 Å². The van der Waals surface area contributed by atoms with E-state index in [1.165, 1.54) is 0 Å². The molecule has 202 valence electrons. The molecule has 17 heteroatoms. The largest absolute Gasteiger partial charge is 0.419 e. The zero-order valence-corrected chi connectivity index (χ0v) is 17.9. The highest BCUT2D eigenvalue weighted by atomic mass is 19.4. The summed E-state index contributed by atoms with van der Waals surface area (Å²) in [6.45, 7) is 0. The van der Waals surface area contributed by atoms with Crippen LogP contribution in [-0.2, 0) is 24.7 Å². The minimum absolute atomic E-state index is 0.472. The maximum atomic E-state index is 15.0. The van der Waals surface area contributed by atoms with Gasteiger partial charge in [0, 0.05) is 10.4 Å². The molecule has 0 fully saturated rings. The van der Waals surface area contributed by atoms with Gasteiger partial charge in [-0.2, -0.15) is 73.7 Å². The van der Waals surface area contributed by atoms with Gasteiger partial charge in [-0.15, -0.1) is 0 Å². The van der Waals surface area contributed by atoms with Crippen molar-refractivity contribution in [1.82, 2.24) is 0 Å². The van der Waals surface area contributed by atoms with E-state index in [9.17, 15) is 62.3 Å². The van der Waals surface area contributed by atoms with Crippen LogP contribution < -0.4 is 10.4 Å². The van der Waals surface area contributed by atoms with Crippen molar-refractivity contribution in [2.75, 3.05) is 0 Å². The summed E-state index contributed by atoms with van der Waals surface area (Å²) in [6.07, 6.45) is -23.9. The third-order valence-electron chi connectivity index (χ3n) is 4.86. The first-order valence-corrected chi connectivity index (χ1v) is 9.33. The quantitative estimate of drug-likeness (QED) is 0.412. The summed E-state index contributed by atoms with van der Waals surface area (Å²) in [5.74, 6) is -2.74. The highest BCUT2D eigenvalue weighted by molar-refractivity contribution is 5.80. The van der Waals surface area contributed by atoms with Crippen molar-refractivity contribution in [1.29, 1.82) is 21.0 Å². The lowest BCUT2D eigenvalue weighted by Gasteiger charge is -2.19. The molecule has 0 atom stereocenters. The maximum Gasteiger partial charge on any atom is 0.419 e. The number of nitrogens with zero attached hydrogens (tertiary/aromatic N) is 4. The molecule has 4 nitrogen and oxygen atoms in total. The zero-order chi connectivity index (χ0) is 30.3. The van der Waals surface area contributed by atoms with Crippen LogP contribution in [0, 0.1) is 51.1 Å². The molecule has 0 aliphatic heterocycles. The van der Waals surface area contributed by atoms with E-state index in [0.717, 1.165) is 12.1 Å². The van der Waals surface area contributed by atoms with Gasteiger partial charge >= 0.3 is 24.7 Å². The zero-order valence-electron chi connectivity index (χ0n) is 17.9. The Bertz CT molecular complexity index is 1590. The topological polar surface area (TPSA) is 95.2 Å². The minimum Gasteiger partial charge on any atom is -0.206 e. The Morgan fingerprint density at radius 3 is 1.33 bits per heavy atom. The van der Waals surface area contributed by atoms with Crippen molar-refractivity contribution in [3.63, 3.8) is 0 Å². The second-order valence-corrected chi connectivity index (χ2v) is 7.17. The first kappa shape index (κ1) is 30.5. The first-order chi connectivity index (χ1) is 17.6. The number of hydrogen-bond acceptors (Lipinski definition) is 4. The fourth-order valence-corrected chi connectivity index (χ4v) is 3.35. The Hall–Kier alpha value is -4.77. The third-order valence-corrected chi connectivity index (χ3v) is 4.86. The third kappa shape index (κ3) is 5.73. The average Bonchev–Trinajstić information content (AvgIpc) is 2.78. The second kappa shape index (κ2) is 9.84. The lowest BCUT2D eigenvalue weighted by Crippen LogP contribution is -2.36. The van der Waals surface area contributed by atoms with Crippen molar-refractivity contribution in [2.24, 2.45) is 0 Å². The Balaban J connectivity index is 3.55. The molecule has 2 aromatic carbocycles. The van der Waals surface area contributed by atoms with E-state index in [0.29, 0.717) is 12.1 Å². The normalized spacial score (nSPS) is 13.1. The highest BCUT2D eigenvalue weighted by Gasteiger charge is 2.45. The van der Waals surface area contributed by atoms with Crippen LogP contribution in [0.5, 0.6) is 0 Å². The molecule has 0 unspecified atom stereocenters. The van der Waals surface area contributed by atoms with Gasteiger partial charge in [-0.3, -0.25) is 0 Å². The van der Waals surface area contributed by atoms with Crippen LogP contribution in [0.1, 0.15) is 33.4 Å². The number of nitriles is 4. The van der Waals surface area contributed by atoms with Gasteiger partial charge in [0.15, 0.2) is 0 Å². The molecule has 0 bridgehead atoms. The van der Waals surface area contributed by atoms with E-state index in [1.807, 2.05) is 0 Å². The molecule has 0 spiro atoms. The van der Waals surface area contributed by atoms with Gasteiger partial charge in [0.2, 0.25) is 0 Å². The van der Waals surface area contributed by atoms with E-state index in [-0.39, 0.29) is 0 Å².